The molecule has 8 nitrogen and oxygen atoms in total. The molecule has 0 amide bonds. The summed E-state index contributed by atoms with van der Waals surface area (Å²) < 4.78 is 33.0. The van der Waals surface area contributed by atoms with Gasteiger partial charge in [-0.2, -0.15) is 0 Å². The normalized spacial score (nSPS) is 17.1. The van der Waals surface area contributed by atoms with Gasteiger partial charge in [0.2, 0.25) is 5.75 Å². The van der Waals surface area contributed by atoms with E-state index in [1.165, 1.54) is 11.6 Å². The van der Waals surface area contributed by atoms with Gasteiger partial charge in [0.1, 0.15) is 5.75 Å². The van der Waals surface area contributed by atoms with Crippen LogP contribution in [0.1, 0.15) is 35.7 Å². The summed E-state index contributed by atoms with van der Waals surface area (Å²) in [6, 6.07) is 10.9. The van der Waals surface area contributed by atoms with Gasteiger partial charge in [-0.3, -0.25) is 4.79 Å². The Morgan fingerprint density at radius 2 is 1.53 bits per heavy atom. The Balaban J connectivity index is 1.77. The van der Waals surface area contributed by atoms with Crippen molar-refractivity contribution < 1.29 is 33.2 Å². The van der Waals surface area contributed by atoms with Crippen LogP contribution in [0.2, 0.25) is 0 Å². The molecule has 1 unspecified atom stereocenters. The molecule has 1 N–H and O–H groups in total. The maximum Gasteiger partial charge on any atom is 0.203 e. The molecule has 38 heavy (non-hydrogen) atoms. The Morgan fingerprint density at radius 1 is 0.868 bits per heavy atom. The highest BCUT2D eigenvalue weighted by molar-refractivity contribution is 6.04. The number of allylic oxidation sites excluding steroid dienone is 2. The highest BCUT2D eigenvalue weighted by Crippen LogP contribution is 2.40. The molecule has 1 aliphatic rings. The van der Waals surface area contributed by atoms with Crippen LogP contribution in [0.4, 0.5) is 0 Å². The van der Waals surface area contributed by atoms with Crippen molar-refractivity contribution in [1.29, 1.82) is 0 Å². The van der Waals surface area contributed by atoms with Crippen molar-refractivity contribution in [2.24, 2.45) is 0 Å². The third-order valence-corrected chi connectivity index (χ3v) is 6.54. The number of carbonyl (C=O) groups is 1. The Kier molecular flexibility index (Phi) is 9.71. The van der Waals surface area contributed by atoms with Crippen LogP contribution in [0.3, 0.4) is 0 Å². The van der Waals surface area contributed by atoms with E-state index in [1.807, 2.05) is 25.1 Å². The molecule has 204 valence electrons. The lowest BCUT2D eigenvalue weighted by Crippen LogP contribution is -2.44. The summed E-state index contributed by atoms with van der Waals surface area (Å²) in [6.45, 7) is 2.03. The molecule has 0 saturated heterocycles. The molecule has 0 radical (unpaired) electrons. The minimum absolute atomic E-state index is 0.118. The quantitative estimate of drug-likeness (QED) is 0.282. The highest BCUT2D eigenvalue weighted by atomic mass is 16.5. The van der Waals surface area contributed by atoms with E-state index in [0.717, 1.165) is 18.4 Å². The SMILES string of the molecule is COC1=C(OC)C(C)(N/C=C\C(=O)c2ccc(OC)cc2)CC(CCc2cc(OC)c(OC)c(OC)c2)=C1. The van der Waals surface area contributed by atoms with Crippen molar-refractivity contribution >= 4 is 5.78 Å². The molecule has 0 spiro atoms. The maximum absolute atomic E-state index is 12.7. The molecule has 3 rings (SSSR count). The molecule has 0 fully saturated rings. The van der Waals surface area contributed by atoms with Crippen LogP contribution in [0.5, 0.6) is 23.0 Å². The van der Waals surface area contributed by atoms with Gasteiger partial charge < -0.3 is 33.7 Å². The van der Waals surface area contributed by atoms with Gasteiger partial charge in [-0.25, -0.2) is 0 Å². The zero-order chi connectivity index (χ0) is 27.7. The number of nitrogens with one attached hydrogen (secondary N) is 1. The third-order valence-electron chi connectivity index (χ3n) is 6.54. The molecule has 0 heterocycles. The number of ketones is 1. The lowest BCUT2D eigenvalue weighted by Gasteiger charge is -2.36. The standard InChI is InChI=1S/C30H37NO7/c1-30(31-15-14-24(32)22-10-12-23(33-2)13-11-22)19-21(18-27(36-5)29(30)38-7)9-8-20-16-25(34-3)28(37-6)26(17-20)35-4/h10-18,31H,8-9,19H2,1-7H3/b15-14-. The second kappa shape index (κ2) is 12.9. The first-order chi connectivity index (χ1) is 18.3. The summed E-state index contributed by atoms with van der Waals surface area (Å²) in [6.07, 6.45) is 7.39. The van der Waals surface area contributed by atoms with Crippen molar-refractivity contribution in [2.75, 3.05) is 42.7 Å². The van der Waals surface area contributed by atoms with Crippen LogP contribution in [-0.2, 0) is 15.9 Å². The van der Waals surface area contributed by atoms with E-state index in [-0.39, 0.29) is 5.78 Å². The molecule has 8 heteroatoms. The van der Waals surface area contributed by atoms with Crippen LogP contribution < -0.4 is 24.3 Å². The van der Waals surface area contributed by atoms with Crippen LogP contribution in [0.15, 0.2) is 71.8 Å². The summed E-state index contributed by atoms with van der Waals surface area (Å²) in [5.41, 5.74) is 2.18. The zero-order valence-corrected chi connectivity index (χ0v) is 23.2. The number of aryl methyl sites for hydroxylation is 1. The van der Waals surface area contributed by atoms with Crippen molar-refractivity contribution in [3.8, 4) is 23.0 Å². The van der Waals surface area contributed by atoms with Gasteiger partial charge in [0.05, 0.1) is 48.2 Å². The summed E-state index contributed by atoms with van der Waals surface area (Å²) in [5.74, 6) is 3.70. The van der Waals surface area contributed by atoms with Crippen LogP contribution >= 0.6 is 0 Å². The first kappa shape index (κ1) is 28.5. The first-order valence-corrected chi connectivity index (χ1v) is 12.3. The summed E-state index contributed by atoms with van der Waals surface area (Å²) in [5, 5.41) is 3.38. The minimum atomic E-state index is -0.615. The lowest BCUT2D eigenvalue weighted by atomic mass is 9.83. The van der Waals surface area contributed by atoms with E-state index >= 15 is 0 Å². The van der Waals surface area contributed by atoms with Crippen molar-refractivity contribution in [3.05, 3.63) is 83.0 Å². The van der Waals surface area contributed by atoms with E-state index in [4.69, 9.17) is 28.4 Å². The Labute approximate surface area is 224 Å². The van der Waals surface area contributed by atoms with Gasteiger partial charge in [-0.15, -0.1) is 0 Å². The molecule has 1 aliphatic carbocycles. The molecule has 2 aromatic carbocycles. The molecule has 0 bridgehead atoms. The number of hydrogen-bond donors (Lipinski definition) is 1. The number of carbonyl (C=O) groups excluding carboxylic acids is 1. The molecule has 1 atom stereocenters. The smallest absolute Gasteiger partial charge is 0.203 e. The van der Waals surface area contributed by atoms with E-state index in [2.05, 4.69) is 5.32 Å². The molecular weight excluding hydrogens is 486 g/mol. The van der Waals surface area contributed by atoms with Crippen LogP contribution in [0.25, 0.3) is 0 Å². The molecular formula is C30H37NO7. The number of methoxy groups -OCH3 is 6. The van der Waals surface area contributed by atoms with E-state index in [0.29, 0.717) is 46.5 Å². The molecule has 2 aromatic rings. The first-order valence-electron chi connectivity index (χ1n) is 12.3. The number of hydrogen-bond acceptors (Lipinski definition) is 8. The average Bonchev–Trinajstić information content (AvgIpc) is 2.94. The Bertz CT molecular complexity index is 1190. The van der Waals surface area contributed by atoms with Crippen molar-refractivity contribution in [3.63, 3.8) is 0 Å². The van der Waals surface area contributed by atoms with Crippen molar-refractivity contribution in [1.82, 2.24) is 5.32 Å². The maximum atomic E-state index is 12.7. The second-order valence-electron chi connectivity index (χ2n) is 9.02. The fraction of sp³-hybridized carbons (Fsp3) is 0.367. The van der Waals surface area contributed by atoms with Gasteiger partial charge >= 0.3 is 0 Å². The van der Waals surface area contributed by atoms with Crippen LogP contribution in [-0.4, -0.2) is 54.0 Å². The minimum Gasteiger partial charge on any atom is -0.497 e. The molecule has 0 aliphatic heterocycles. The number of rotatable bonds is 13. The topological polar surface area (TPSA) is 84.5 Å². The Hall–Kier alpha value is -4.07. The molecule has 0 saturated carbocycles. The van der Waals surface area contributed by atoms with Gasteiger partial charge in [0, 0.05) is 17.8 Å². The van der Waals surface area contributed by atoms with E-state index in [1.54, 1.807) is 73.1 Å². The predicted octanol–water partition coefficient (Wildman–Crippen LogP) is 5.23. The fourth-order valence-electron chi connectivity index (χ4n) is 4.60. The highest BCUT2D eigenvalue weighted by Gasteiger charge is 2.36. The zero-order valence-electron chi connectivity index (χ0n) is 23.2. The van der Waals surface area contributed by atoms with Gasteiger partial charge in [0.25, 0.3) is 0 Å². The van der Waals surface area contributed by atoms with Gasteiger partial charge in [-0.1, -0.05) is 5.57 Å². The lowest BCUT2D eigenvalue weighted by molar-refractivity contribution is 0.104. The fourth-order valence-corrected chi connectivity index (χ4v) is 4.60. The summed E-state index contributed by atoms with van der Waals surface area (Å²) >= 11 is 0. The van der Waals surface area contributed by atoms with E-state index in [9.17, 15) is 4.79 Å². The van der Waals surface area contributed by atoms with Gasteiger partial charge in [0.15, 0.2) is 28.8 Å². The summed E-state index contributed by atoms with van der Waals surface area (Å²) in [7, 11) is 9.64. The van der Waals surface area contributed by atoms with Crippen LogP contribution in [0, 0.1) is 0 Å². The van der Waals surface area contributed by atoms with E-state index < -0.39 is 5.54 Å². The largest absolute Gasteiger partial charge is 0.497 e. The van der Waals surface area contributed by atoms with Gasteiger partial charge in [-0.05, 0) is 74.2 Å². The molecule has 0 aromatic heterocycles. The summed E-state index contributed by atoms with van der Waals surface area (Å²) in [4.78, 5) is 12.7. The monoisotopic (exact) mass is 523 g/mol. The number of benzene rings is 2. The van der Waals surface area contributed by atoms with Crippen molar-refractivity contribution in [2.45, 2.75) is 31.7 Å². The average molecular weight is 524 g/mol. The second-order valence-corrected chi connectivity index (χ2v) is 9.02. The Morgan fingerprint density at radius 3 is 2.05 bits per heavy atom. The predicted molar refractivity (Wildman–Crippen MR) is 146 cm³/mol. The number of ether oxygens (including phenoxy) is 6. The third kappa shape index (κ3) is 6.43.